The lowest BCUT2D eigenvalue weighted by Crippen LogP contribution is -2.08. The van der Waals surface area contributed by atoms with Crippen molar-refractivity contribution in [1.29, 1.82) is 0 Å². The minimum atomic E-state index is 0.133. The first-order valence-electron chi connectivity index (χ1n) is 7.23. The molecule has 3 rings (SSSR count). The summed E-state index contributed by atoms with van der Waals surface area (Å²) in [6, 6.07) is 3.99. The number of aryl methyl sites for hydroxylation is 1. The van der Waals surface area contributed by atoms with Crippen LogP contribution in [0.5, 0.6) is 5.88 Å². The monoisotopic (exact) mass is 314 g/mol. The van der Waals surface area contributed by atoms with Gasteiger partial charge >= 0.3 is 0 Å². The SMILES string of the molecule is CCOc1ccc(-c2nccn2[C@@H](C)c2csc(C)n2)cn1. The van der Waals surface area contributed by atoms with Crippen LogP contribution in [-0.4, -0.2) is 26.1 Å². The van der Waals surface area contributed by atoms with E-state index in [4.69, 9.17) is 4.74 Å². The van der Waals surface area contributed by atoms with Gasteiger partial charge in [0.05, 0.1) is 23.4 Å². The molecule has 0 N–H and O–H groups in total. The van der Waals surface area contributed by atoms with Crippen molar-refractivity contribution in [2.45, 2.75) is 26.8 Å². The lowest BCUT2D eigenvalue weighted by Gasteiger charge is -2.14. The fourth-order valence-electron chi connectivity index (χ4n) is 2.31. The summed E-state index contributed by atoms with van der Waals surface area (Å²) in [5.41, 5.74) is 2.02. The summed E-state index contributed by atoms with van der Waals surface area (Å²) in [7, 11) is 0. The van der Waals surface area contributed by atoms with Crippen LogP contribution in [0.3, 0.4) is 0 Å². The molecule has 0 aliphatic heterocycles. The molecule has 0 aliphatic rings. The third kappa shape index (κ3) is 2.87. The quantitative estimate of drug-likeness (QED) is 0.720. The van der Waals surface area contributed by atoms with E-state index in [1.807, 2.05) is 38.4 Å². The number of nitrogens with zero attached hydrogens (tertiary/aromatic N) is 4. The van der Waals surface area contributed by atoms with E-state index >= 15 is 0 Å². The zero-order valence-electron chi connectivity index (χ0n) is 12.9. The zero-order chi connectivity index (χ0) is 15.5. The van der Waals surface area contributed by atoms with Gasteiger partial charge < -0.3 is 9.30 Å². The van der Waals surface area contributed by atoms with E-state index in [-0.39, 0.29) is 6.04 Å². The molecule has 22 heavy (non-hydrogen) atoms. The van der Waals surface area contributed by atoms with Gasteiger partial charge in [-0.2, -0.15) is 0 Å². The van der Waals surface area contributed by atoms with Crippen molar-refractivity contribution in [3.8, 4) is 17.3 Å². The summed E-state index contributed by atoms with van der Waals surface area (Å²) < 4.78 is 7.50. The summed E-state index contributed by atoms with van der Waals surface area (Å²) in [5.74, 6) is 1.52. The van der Waals surface area contributed by atoms with Gasteiger partial charge in [-0.15, -0.1) is 11.3 Å². The average Bonchev–Trinajstić information content (AvgIpc) is 3.16. The van der Waals surface area contributed by atoms with Gasteiger partial charge in [0.25, 0.3) is 0 Å². The maximum atomic E-state index is 5.38. The highest BCUT2D eigenvalue weighted by Crippen LogP contribution is 2.26. The molecule has 114 valence electrons. The smallest absolute Gasteiger partial charge is 0.213 e. The minimum absolute atomic E-state index is 0.133. The third-order valence-electron chi connectivity index (χ3n) is 3.44. The first kappa shape index (κ1) is 14.7. The van der Waals surface area contributed by atoms with Crippen LogP contribution in [-0.2, 0) is 0 Å². The molecule has 0 unspecified atom stereocenters. The number of hydrogen-bond acceptors (Lipinski definition) is 5. The van der Waals surface area contributed by atoms with Crippen molar-refractivity contribution in [2.24, 2.45) is 0 Å². The van der Waals surface area contributed by atoms with Crippen LogP contribution in [0.2, 0.25) is 0 Å². The molecule has 0 saturated heterocycles. The average molecular weight is 314 g/mol. The molecular formula is C16H18N4OS. The fourth-order valence-corrected chi connectivity index (χ4v) is 3.01. The van der Waals surface area contributed by atoms with Crippen LogP contribution in [0.1, 0.15) is 30.6 Å². The van der Waals surface area contributed by atoms with Crippen LogP contribution in [0.25, 0.3) is 11.4 Å². The highest BCUT2D eigenvalue weighted by molar-refractivity contribution is 7.09. The highest BCUT2D eigenvalue weighted by Gasteiger charge is 2.16. The Balaban J connectivity index is 1.91. The first-order valence-corrected chi connectivity index (χ1v) is 8.11. The van der Waals surface area contributed by atoms with Crippen molar-refractivity contribution in [2.75, 3.05) is 6.61 Å². The summed E-state index contributed by atoms with van der Waals surface area (Å²) in [5, 5.41) is 3.17. The Morgan fingerprint density at radius 3 is 2.82 bits per heavy atom. The number of rotatable bonds is 5. The molecule has 1 atom stereocenters. The summed E-state index contributed by atoms with van der Waals surface area (Å²) >= 11 is 1.67. The number of imidazole rings is 1. The van der Waals surface area contributed by atoms with Crippen molar-refractivity contribution < 1.29 is 4.74 Å². The van der Waals surface area contributed by atoms with Crippen LogP contribution in [0.15, 0.2) is 36.1 Å². The highest BCUT2D eigenvalue weighted by atomic mass is 32.1. The van der Waals surface area contributed by atoms with Crippen molar-refractivity contribution >= 4 is 11.3 Å². The molecule has 0 aromatic carbocycles. The van der Waals surface area contributed by atoms with E-state index in [2.05, 4.69) is 31.8 Å². The molecule has 0 radical (unpaired) electrons. The lowest BCUT2D eigenvalue weighted by atomic mass is 10.2. The Kier molecular flexibility index (Phi) is 4.20. The second kappa shape index (κ2) is 6.27. The second-order valence-electron chi connectivity index (χ2n) is 4.94. The van der Waals surface area contributed by atoms with Crippen LogP contribution in [0, 0.1) is 6.92 Å². The molecular weight excluding hydrogens is 296 g/mol. The molecule has 3 heterocycles. The van der Waals surface area contributed by atoms with E-state index < -0.39 is 0 Å². The van der Waals surface area contributed by atoms with Crippen LogP contribution >= 0.6 is 11.3 Å². The molecule has 0 aliphatic carbocycles. The first-order chi connectivity index (χ1) is 10.7. The van der Waals surface area contributed by atoms with Crippen molar-refractivity contribution in [3.63, 3.8) is 0 Å². The Morgan fingerprint density at radius 1 is 1.32 bits per heavy atom. The predicted molar refractivity (Wildman–Crippen MR) is 87.3 cm³/mol. The maximum absolute atomic E-state index is 5.38. The number of ether oxygens (including phenoxy) is 1. The molecule has 0 saturated carbocycles. The zero-order valence-corrected chi connectivity index (χ0v) is 13.7. The Bertz CT molecular complexity index is 748. The fraction of sp³-hybridized carbons (Fsp3) is 0.312. The topological polar surface area (TPSA) is 52.8 Å². The summed E-state index contributed by atoms with van der Waals surface area (Å²) in [6.45, 7) is 6.70. The van der Waals surface area contributed by atoms with E-state index in [0.717, 1.165) is 22.1 Å². The maximum Gasteiger partial charge on any atom is 0.213 e. The molecule has 3 aromatic rings. The summed E-state index contributed by atoms with van der Waals surface area (Å²) in [6.07, 6.45) is 5.58. The molecule has 0 spiro atoms. The van der Waals surface area contributed by atoms with Crippen molar-refractivity contribution in [1.82, 2.24) is 19.5 Å². The molecule has 6 heteroatoms. The molecule has 0 amide bonds. The molecule has 0 fully saturated rings. The second-order valence-corrected chi connectivity index (χ2v) is 6.01. The van der Waals surface area contributed by atoms with E-state index in [1.54, 1.807) is 17.5 Å². The van der Waals surface area contributed by atoms with E-state index in [9.17, 15) is 0 Å². The molecule has 3 aromatic heterocycles. The third-order valence-corrected chi connectivity index (χ3v) is 4.23. The van der Waals surface area contributed by atoms with Gasteiger partial charge in [-0.3, -0.25) is 0 Å². The number of thiazole rings is 1. The van der Waals surface area contributed by atoms with Crippen molar-refractivity contribution in [3.05, 3.63) is 46.8 Å². The summed E-state index contributed by atoms with van der Waals surface area (Å²) in [4.78, 5) is 13.4. The number of hydrogen-bond donors (Lipinski definition) is 0. The Labute approximate surface area is 133 Å². The standard InChI is InChI=1S/C16H18N4OS/c1-4-21-15-6-5-13(9-18-15)16-17-7-8-20(16)11(2)14-10-22-12(3)19-14/h5-11H,4H2,1-3H3/t11-/m0/s1. The van der Waals surface area contributed by atoms with Gasteiger partial charge in [0.2, 0.25) is 5.88 Å². The van der Waals surface area contributed by atoms with Gasteiger partial charge in [-0.25, -0.2) is 15.0 Å². The largest absolute Gasteiger partial charge is 0.478 e. The molecule has 0 bridgehead atoms. The van der Waals surface area contributed by atoms with Crippen LogP contribution < -0.4 is 4.74 Å². The minimum Gasteiger partial charge on any atom is -0.478 e. The normalized spacial score (nSPS) is 12.3. The van der Waals surface area contributed by atoms with Gasteiger partial charge in [0.1, 0.15) is 5.82 Å². The van der Waals surface area contributed by atoms with Gasteiger partial charge in [0, 0.05) is 35.6 Å². The number of aromatic nitrogens is 4. The number of pyridine rings is 1. The van der Waals surface area contributed by atoms with E-state index in [1.165, 1.54) is 0 Å². The predicted octanol–water partition coefficient (Wildman–Crippen LogP) is 3.72. The molecule has 5 nitrogen and oxygen atoms in total. The lowest BCUT2D eigenvalue weighted by molar-refractivity contribution is 0.327. The Morgan fingerprint density at radius 2 is 2.18 bits per heavy atom. The van der Waals surface area contributed by atoms with Gasteiger partial charge in [0.15, 0.2) is 0 Å². The van der Waals surface area contributed by atoms with Gasteiger partial charge in [-0.1, -0.05) is 0 Å². The van der Waals surface area contributed by atoms with Crippen LogP contribution in [0.4, 0.5) is 0 Å². The van der Waals surface area contributed by atoms with E-state index in [0.29, 0.717) is 12.5 Å². The van der Waals surface area contributed by atoms with Gasteiger partial charge in [-0.05, 0) is 26.8 Å². The Hall–Kier alpha value is -2.21.